The van der Waals surface area contributed by atoms with E-state index < -0.39 is 5.56 Å². The summed E-state index contributed by atoms with van der Waals surface area (Å²) in [6.07, 6.45) is 2.57. The highest BCUT2D eigenvalue weighted by Gasteiger charge is 2.07. The van der Waals surface area contributed by atoms with Gasteiger partial charge in [-0.15, -0.1) is 0 Å². The zero-order valence-corrected chi connectivity index (χ0v) is 16.9. The van der Waals surface area contributed by atoms with Gasteiger partial charge in [-0.1, -0.05) is 29.3 Å². The van der Waals surface area contributed by atoms with Crippen molar-refractivity contribution in [3.63, 3.8) is 0 Å². The molecule has 3 rings (SSSR count). The molecule has 0 aliphatic carbocycles. The Kier molecular flexibility index (Phi) is 6.45. The molecule has 0 saturated heterocycles. The van der Waals surface area contributed by atoms with Crippen molar-refractivity contribution in [2.24, 2.45) is 5.10 Å². The van der Waals surface area contributed by atoms with Gasteiger partial charge in [-0.2, -0.15) is 14.9 Å². The van der Waals surface area contributed by atoms with Gasteiger partial charge >= 0.3 is 0 Å². The second-order valence-corrected chi connectivity index (χ2v) is 6.72. The van der Waals surface area contributed by atoms with Gasteiger partial charge in [0.05, 0.1) is 23.4 Å². The maximum absolute atomic E-state index is 11.7. The molecule has 0 aliphatic rings. The highest BCUT2D eigenvalue weighted by Crippen LogP contribution is 2.29. The SMILES string of the molecule is COc1cc(/C=N\n2c(=O)cn[nH]c2=S)ccc1OCc1ccc(Cl)c(Cl)c1. The molecule has 0 radical (unpaired) electrons. The van der Waals surface area contributed by atoms with Gasteiger partial charge < -0.3 is 9.47 Å². The van der Waals surface area contributed by atoms with Crippen LogP contribution in [0.1, 0.15) is 11.1 Å². The first-order valence-corrected chi connectivity index (χ1v) is 9.10. The minimum atomic E-state index is -0.437. The molecule has 2 aromatic carbocycles. The summed E-state index contributed by atoms with van der Waals surface area (Å²) in [5, 5.41) is 11.1. The Morgan fingerprint density at radius 3 is 2.75 bits per heavy atom. The summed E-state index contributed by atoms with van der Waals surface area (Å²) in [5.74, 6) is 1.06. The molecule has 1 heterocycles. The fourth-order valence-electron chi connectivity index (χ4n) is 2.25. The quantitative estimate of drug-likeness (QED) is 0.464. The van der Waals surface area contributed by atoms with E-state index in [0.29, 0.717) is 33.7 Å². The average molecular weight is 437 g/mol. The zero-order valence-electron chi connectivity index (χ0n) is 14.6. The Balaban J connectivity index is 1.78. The van der Waals surface area contributed by atoms with Crippen molar-refractivity contribution in [2.75, 3.05) is 7.11 Å². The fraction of sp³-hybridized carbons (Fsp3) is 0.111. The molecule has 0 unspecified atom stereocenters. The van der Waals surface area contributed by atoms with Crippen LogP contribution in [0.4, 0.5) is 0 Å². The number of aromatic nitrogens is 3. The van der Waals surface area contributed by atoms with E-state index in [1.807, 2.05) is 6.07 Å². The van der Waals surface area contributed by atoms with Crippen LogP contribution in [0.3, 0.4) is 0 Å². The molecule has 0 saturated carbocycles. The van der Waals surface area contributed by atoms with Gasteiger partial charge in [0.15, 0.2) is 11.5 Å². The molecule has 0 bridgehead atoms. The topological polar surface area (TPSA) is 81.5 Å². The monoisotopic (exact) mass is 436 g/mol. The standard InChI is InChI=1S/C18H14Cl2N4O3S/c1-26-16-7-11(8-22-24-17(25)9-21-23-18(24)28)3-5-15(16)27-10-12-2-4-13(19)14(20)6-12/h2-9H,10H2,1H3,(H,23,28)/b22-8-. The number of hydrogen-bond acceptors (Lipinski definition) is 6. The molecule has 0 fully saturated rings. The van der Waals surface area contributed by atoms with Crippen molar-refractivity contribution in [3.8, 4) is 11.5 Å². The van der Waals surface area contributed by atoms with Gasteiger partial charge in [0.25, 0.3) is 5.56 Å². The molecular weight excluding hydrogens is 423 g/mol. The third-order valence-corrected chi connectivity index (χ3v) is 4.63. The van der Waals surface area contributed by atoms with Crippen molar-refractivity contribution in [1.82, 2.24) is 14.9 Å². The third kappa shape index (κ3) is 4.78. The molecule has 1 aromatic heterocycles. The smallest absolute Gasteiger partial charge is 0.293 e. The van der Waals surface area contributed by atoms with E-state index in [4.69, 9.17) is 44.9 Å². The van der Waals surface area contributed by atoms with Crippen molar-refractivity contribution in [2.45, 2.75) is 6.61 Å². The number of halogens is 2. The largest absolute Gasteiger partial charge is 0.493 e. The van der Waals surface area contributed by atoms with Crippen LogP contribution >= 0.6 is 35.4 Å². The molecule has 10 heteroatoms. The van der Waals surface area contributed by atoms with Crippen LogP contribution in [-0.2, 0) is 6.61 Å². The van der Waals surface area contributed by atoms with E-state index in [1.165, 1.54) is 13.3 Å². The molecule has 0 aliphatic heterocycles. The summed E-state index contributed by atoms with van der Waals surface area (Å²) < 4.78 is 12.3. The second kappa shape index (κ2) is 9.01. The van der Waals surface area contributed by atoms with Gasteiger partial charge in [-0.3, -0.25) is 9.89 Å². The van der Waals surface area contributed by atoms with Crippen LogP contribution in [0.2, 0.25) is 10.0 Å². The Bertz CT molecular complexity index is 1120. The molecule has 0 amide bonds. The Labute approximate surface area is 175 Å². The maximum Gasteiger partial charge on any atom is 0.293 e. The predicted octanol–water partition coefficient (Wildman–Crippen LogP) is 4.08. The van der Waals surface area contributed by atoms with Crippen LogP contribution in [0.15, 0.2) is 52.5 Å². The lowest BCUT2D eigenvalue weighted by Gasteiger charge is -2.11. The molecule has 1 N–H and O–H groups in total. The van der Waals surface area contributed by atoms with Crippen LogP contribution in [0.5, 0.6) is 11.5 Å². The van der Waals surface area contributed by atoms with Gasteiger partial charge in [0.2, 0.25) is 4.77 Å². The number of aromatic amines is 1. The Morgan fingerprint density at radius 1 is 1.21 bits per heavy atom. The van der Waals surface area contributed by atoms with E-state index in [1.54, 1.807) is 30.3 Å². The number of rotatable bonds is 6. The van der Waals surface area contributed by atoms with Crippen molar-refractivity contribution >= 4 is 41.6 Å². The van der Waals surface area contributed by atoms with E-state index in [2.05, 4.69) is 15.3 Å². The number of hydrogen-bond donors (Lipinski definition) is 1. The minimum absolute atomic E-state index is 0.0947. The van der Waals surface area contributed by atoms with Crippen LogP contribution < -0.4 is 15.0 Å². The fourth-order valence-corrected chi connectivity index (χ4v) is 2.76. The molecule has 3 aromatic rings. The molecule has 28 heavy (non-hydrogen) atoms. The lowest BCUT2D eigenvalue weighted by Crippen LogP contribution is -2.18. The van der Waals surface area contributed by atoms with Crippen LogP contribution in [0, 0.1) is 4.77 Å². The first-order chi connectivity index (χ1) is 13.5. The van der Waals surface area contributed by atoms with Gasteiger partial charge in [-0.25, -0.2) is 0 Å². The van der Waals surface area contributed by atoms with Gasteiger partial charge in [0, 0.05) is 0 Å². The number of nitrogens with zero attached hydrogens (tertiary/aromatic N) is 3. The highest BCUT2D eigenvalue weighted by molar-refractivity contribution is 7.71. The summed E-state index contributed by atoms with van der Waals surface area (Å²) in [6.45, 7) is 0.294. The number of methoxy groups -OCH3 is 1. The first-order valence-electron chi connectivity index (χ1n) is 7.94. The molecule has 144 valence electrons. The minimum Gasteiger partial charge on any atom is -0.493 e. The molecular formula is C18H14Cl2N4O3S. The summed E-state index contributed by atoms with van der Waals surface area (Å²) in [5.41, 5.74) is 1.12. The zero-order chi connectivity index (χ0) is 20.1. The lowest BCUT2D eigenvalue weighted by atomic mass is 10.2. The van der Waals surface area contributed by atoms with E-state index in [9.17, 15) is 4.79 Å². The summed E-state index contributed by atoms with van der Waals surface area (Å²) in [7, 11) is 1.53. The molecule has 0 spiro atoms. The Morgan fingerprint density at radius 2 is 2.04 bits per heavy atom. The first kappa shape index (κ1) is 20.1. The second-order valence-electron chi connectivity index (χ2n) is 5.52. The van der Waals surface area contributed by atoms with Crippen LogP contribution in [-0.4, -0.2) is 28.2 Å². The average Bonchev–Trinajstić information content (AvgIpc) is 2.69. The molecule has 7 nitrogen and oxygen atoms in total. The van der Waals surface area contributed by atoms with Crippen molar-refractivity contribution < 1.29 is 9.47 Å². The van der Waals surface area contributed by atoms with Gasteiger partial charge in [0.1, 0.15) is 12.8 Å². The number of benzene rings is 2. The van der Waals surface area contributed by atoms with E-state index >= 15 is 0 Å². The van der Waals surface area contributed by atoms with Crippen molar-refractivity contribution in [1.29, 1.82) is 0 Å². The highest BCUT2D eigenvalue weighted by atomic mass is 35.5. The van der Waals surface area contributed by atoms with E-state index in [0.717, 1.165) is 16.4 Å². The predicted molar refractivity (Wildman–Crippen MR) is 110 cm³/mol. The lowest BCUT2D eigenvalue weighted by molar-refractivity contribution is 0.284. The number of ether oxygens (including phenoxy) is 2. The van der Waals surface area contributed by atoms with Crippen LogP contribution in [0.25, 0.3) is 0 Å². The summed E-state index contributed by atoms with van der Waals surface area (Å²) in [6, 6.07) is 10.5. The van der Waals surface area contributed by atoms with Crippen molar-refractivity contribution in [3.05, 3.63) is 78.9 Å². The third-order valence-electron chi connectivity index (χ3n) is 3.62. The maximum atomic E-state index is 11.7. The van der Waals surface area contributed by atoms with Gasteiger partial charge in [-0.05, 0) is 53.7 Å². The summed E-state index contributed by atoms with van der Waals surface area (Å²) >= 11 is 16.9. The summed E-state index contributed by atoms with van der Waals surface area (Å²) in [4.78, 5) is 11.7. The number of H-pyrrole nitrogens is 1. The van der Waals surface area contributed by atoms with E-state index in [-0.39, 0.29) is 4.77 Å². The normalized spacial score (nSPS) is 11.0. The number of nitrogens with one attached hydrogen (secondary N) is 1. The Hall–Kier alpha value is -2.68. The molecule has 0 atom stereocenters.